The molecule has 5 nitrogen and oxygen atoms in total. The highest BCUT2D eigenvalue weighted by Crippen LogP contribution is 2.16. The van der Waals surface area contributed by atoms with Gasteiger partial charge in [0, 0.05) is 18.8 Å². The van der Waals surface area contributed by atoms with E-state index in [4.69, 9.17) is 9.84 Å². The van der Waals surface area contributed by atoms with Crippen molar-refractivity contribution in [2.45, 2.75) is 6.61 Å². The van der Waals surface area contributed by atoms with Gasteiger partial charge in [0.25, 0.3) is 0 Å². The summed E-state index contributed by atoms with van der Waals surface area (Å²) in [6, 6.07) is 3.39. The average molecular weight is 222 g/mol. The quantitative estimate of drug-likeness (QED) is 0.781. The number of aliphatic hydroxyl groups excluding tert-OH is 1. The van der Waals surface area contributed by atoms with Crippen molar-refractivity contribution in [3.8, 4) is 0 Å². The summed E-state index contributed by atoms with van der Waals surface area (Å²) in [7, 11) is 1.53. The van der Waals surface area contributed by atoms with Crippen LogP contribution in [0.15, 0.2) is 31.0 Å². The van der Waals surface area contributed by atoms with Gasteiger partial charge in [0.15, 0.2) is 0 Å². The molecule has 0 radical (unpaired) electrons. The molecular formula is C11H14N2O3. The Balaban J connectivity index is 2.82. The van der Waals surface area contributed by atoms with Crippen LogP contribution in [-0.2, 0) is 11.3 Å². The molecule has 1 aromatic rings. The fourth-order valence-electron chi connectivity index (χ4n) is 1.17. The van der Waals surface area contributed by atoms with Gasteiger partial charge in [-0.2, -0.15) is 0 Å². The lowest BCUT2D eigenvalue weighted by Crippen LogP contribution is -2.28. The number of pyridine rings is 1. The first-order chi connectivity index (χ1) is 7.70. The van der Waals surface area contributed by atoms with Crippen LogP contribution in [0.2, 0.25) is 0 Å². The van der Waals surface area contributed by atoms with Crippen LogP contribution in [0.1, 0.15) is 5.56 Å². The van der Waals surface area contributed by atoms with E-state index in [0.717, 1.165) is 0 Å². The molecule has 1 heterocycles. The van der Waals surface area contributed by atoms with Gasteiger partial charge in [-0.15, -0.1) is 0 Å². The predicted octanol–water partition coefficient (Wildman–Crippen LogP) is 1.33. The number of hydrogen-bond donors (Lipinski definition) is 1. The van der Waals surface area contributed by atoms with Crippen LogP contribution in [0.4, 0.5) is 10.6 Å². The molecule has 1 amide bonds. The minimum Gasteiger partial charge on any atom is -0.445 e. The topological polar surface area (TPSA) is 62.7 Å². The largest absolute Gasteiger partial charge is 0.445 e. The van der Waals surface area contributed by atoms with Gasteiger partial charge in [0.05, 0.1) is 6.61 Å². The summed E-state index contributed by atoms with van der Waals surface area (Å²) in [5.41, 5.74) is 0.570. The van der Waals surface area contributed by atoms with E-state index >= 15 is 0 Å². The number of carbonyl (C=O) groups is 1. The minimum atomic E-state index is -0.534. The molecule has 0 saturated heterocycles. The standard InChI is InChI=1S/C11H14N2O3/c1-3-7-16-11(15)13(2)10-9(8-14)5-4-6-12-10/h3-6,14H,1,7-8H2,2H3. The van der Waals surface area contributed by atoms with E-state index in [-0.39, 0.29) is 13.2 Å². The number of anilines is 1. The summed E-state index contributed by atoms with van der Waals surface area (Å²) in [6.07, 6.45) is 2.50. The number of aromatic nitrogens is 1. The van der Waals surface area contributed by atoms with Crippen molar-refractivity contribution in [1.82, 2.24) is 4.98 Å². The molecule has 1 aromatic heterocycles. The Morgan fingerprint density at radius 2 is 2.50 bits per heavy atom. The molecule has 1 N–H and O–H groups in total. The maximum Gasteiger partial charge on any atom is 0.415 e. The van der Waals surface area contributed by atoms with E-state index in [1.807, 2.05) is 0 Å². The summed E-state index contributed by atoms with van der Waals surface area (Å²) in [6.45, 7) is 3.41. The van der Waals surface area contributed by atoms with E-state index in [1.54, 1.807) is 18.3 Å². The lowest BCUT2D eigenvalue weighted by atomic mass is 10.2. The second-order valence-electron chi connectivity index (χ2n) is 3.07. The Kier molecular flexibility index (Phi) is 4.47. The van der Waals surface area contributed by atoms with E-state index in [1.165, 1.54) is 18.0 Å². The Morgan fingerprint density at radius 3 is 3.12 bits per heavy atom. The highest BCUT2D eigenvalue weighted by Gasteiger charge is 2.15. The van der Waals surface area contributed by atoms with Crippen molar-refractivity contribution in [1.29, 1.82) is 0 Å². The molecule has 1 rings (SSSR count). The van der Waals surface area contributed by atoms with Crippen LogP contribution in [0.25, 0.3) is 0 Å². The first-order valence-electron chi connectivity index (χ1n) is 4.76. The zero-order valence-electron chi connectivity index (χ0n) is 9.09. The second-order valence-corrected chi connectivity index (χ2v) is 3.07. The molecular weight excluding hydrogens is 208 g/mol. The number of rotatable bonds is 4. The van der Waals surface area contributed by atoms with Gasteiger partial charge in [-0.05, 0) is 6.07 Å². The number of carbonyl (C=O) groups excluding carboxylic acids is 1. The molecule has 0 aliphatic rings. The zero-order valence-corrected chi connectivity index (χ0v) is 9.09. The molecule has 0 unspecified atom stereocenters. The fourth-order valence-corrected chi connectivity index (χ4v) is 1.17. The van der Waals surface area contributed by atoms with Gasteiger partial charge < -0.3 is 9.84 Å². The lowest BCUT2D eigenvalue weighted by molar-refractivity contribution is 0.167. The van der Waals surface area contributed by atoms with Crippen molar-refractivity contribution in [3.05, 3.63) is 36.5 Å². The van der Waals surface area contributed by atoms with Gasteiger partial charge in [0.1, 0.15) is 12.4 Å². The summed E-state index contributed by atoms with van der Waals surface area (Å²) in [5.74, 6) is 0.388. The zero-order chi connectivity index (χ0) is 12.0. The molecule has 0 bridgehead atoms. The normalized spacial score (nSPS) is 9.62. The SMILES string of the molecule is C=CCOC(=O)N(C)c1ncccc1CO. The van der Waals surface area contributed by atoms with Gasteiger partial charge in [-0.3, -0.25) is 4.90 Å². The number of amides is 1. The molecule has 0 aromatic carbocycles. The molecule has 0 fully saturated rings. The minimum absolute atomic E-state index is 0.143. The Bertz CT molecular complexity index is 379. The molecule has 0 aliphatic heterocycles. The molecule has 0 atom stereocenters. The maximum absolute atomic E-state index is 11.5. The van der Waals surface area contributed by atoms with E-state index in [0.29, 0.717) is 11.4 Å². The molecule has 0 spiro atoms. The Hall–Kier alpha value is -1.88. The smallest absolute Gasteiger partial charge is 0.415 e. The second kappa shape index (κ2) is 5.87. The monoisotopic (exact) mass is 222 g/mol. The van der Waals surface area contributed by atoms with E-state index < -0.39 is 6.09 Å². The first kappa shape index (κ1) is 12.2. The van der Waals surface area contributed by atoms with Crippen molar-refractivity contribution >= 4 is 11.9 Å². The molecule has 86 valence electrons. The number of hydrogen-bond acceptors (Lipinski definition) is 4. The third-order valence-electron chi connectivity index (χ3n) is 1.95. The summed E-state index contributed by atoms with van der Waals surface area (Å²) >= 11 is 0. The van der Waals surface area contributed by atoms with E-state index in [2.05, 4.69) is 11.6 Å². The van der Waals surface area contributed by atoms with Gasteiger partial charge in [-0.1, -0.05) is 18.7 Å². The summed E-state index contributed by atoms with van der Waals surface area (Å²) in [5, 5.41) is 9.09. The first-order valence-corrected chi connectivity index (χ1v) is 4.76. The van der Waals surface area contributed by atoms with Crippen LogP contribution in [-0.4, -0.2) is 29.8 Å². The molecule has 16 heavy (non-hydrogen) atoms. The number of nitrogens with zero attached hydrogens (tertiary/aromatic N) is 2. The number of ether oxygens (including phenoxy) is 1. The lowest BCUT2D eigenvalue weighted by Gasteiger charge is -2.17. The highest BCUT2D eigenvalue weighted by atomic mass is 16.6. The van der Waals surface area contributed by atoms with Crippen LogP contribution in [0, 0.1) is 0 Å². The van der Waals surface area contributed by atoms with Crippen molar-refractivity contribution in [2.24, 2.45) is 0 Å². The van der Waals surface area contributed by atoms with Crippen LogP contribution < -0.4 is 4.90 Å². The van der Waals surface area contributed by atoms with Crippen LogP contribution in [0.3, 0.4) is 0 Å². The fraction of sp³-hybridized carbons (Fsp3) is 0.273. The highest BCUT2D eigenvalue weighted by molar-refractivity contribution is 5.86. The van der Waals surface area contributed by atoms with Gasteiger partial charge in [-0.25, -0.2) is 9.78 Å². The molecule has 5 heteroatoms. The summed E-state index contributed by atoms with van der Waals surface area (Å²) < 4.78 is 4.85. The summed E-state index contributed by atoms with van der Waals surface area (Å²) in [4.78, 5) is 16.8. The van der Waals surface area contributed by atoms with Crippen molar-refractivity contribution < 1.29 is 14.6 Å². The van der Waals surface area contributed by atoms with Crippen molar-refractivity contribution in [3.63, 3.8) is 0 Å². The van der Waals surface area contributed by atoms with Gasteiger partial charge in [0.2, 0.25) is 0 Å². The molecule has 0 saturated carbocycles. The predicted molar refractivity (Wildman–Crippen MR) is 60.1 cm³/mol. The van der Waals surface area contributed by atoms with Crippen LogP contribution in [0.5, 0.6) is 0 Å². The molecule has 0 aliphatic carbocycles. The third kappa shape index (κ3) is 2.80. The third-order valence-corrected chi connectivity index (χ3v) is 1.95. The average Bonchev–Trinajstić information content (AvgIpc) is 2.34. The Labute approximate surface area is 94.0 Å². The Morgan fingerprint density at radius 1 is 1.75 bits per heavy atom. The van der Waals surface area contributed by atoms with E-state index in [9.17, 15) is 4.79 Å². The maximum atomic E-state index is 11.5. The van der Waals surface area contributed by atoms with Crippen molar-refractivity contribution in [2.75, 3.05) is 18.6 Å². The van der Waals surface area contributed by atoms with Gasteiger partial charge >= 0.3 is 6.09 Å². The van der Waals surface area contributed by atoms with Crippen LogP contribution >= 0.6 is 0 Å². The number of aliphatic hydroxyl groups is 1.